The van der Waals surface area contributed by atoms with E-state index in [0.29, 0.717) is 10.9 Å². The van der Waals surface area contributed by atoms with Crippen molar-refractivity contribution in [2.45, 2.75) is 6.92 Å². The molecule has 118 valence electrons. The number of phenolic OH excluding ortho intramolecular Hbond substituents is 1. The quantitative estimate of drug-likeness (QED) is 0.574. The fourth-order valence-electron chi connectivity index (χ4n) is 2.92. The second kappa shape index (κ2) is 5.49. The van der Waals surface area contributed by atoms with Crippen LogP contribution in [-0.2, 0) is 0 Å². The summed E-state index contributed by atoms with van der Waals surface area (Å²) in [4.78, 5) is 0. The first-order chi connectivity index (χ1) is 11.6. The standard InChI is InChI=1S/C20H15FN2O/c1-13-4-2-3-5-17(13)14-6-8-16(9-7-14)23-19-11-20(24)18(21)10-15(19)12-22-23/h2-12,24H,1H3. The van der Waals surface area contributed by atoms with Gasteiger partial charge >= 0.3 is 0 Å². The molecule has 0 fully saturated rings. The highest BCUT2D eigenvalue weighted by molar-refractivity contribution is 5.82. The summed E-state index contributed by atoms with van der Waals surface area (Å²) in [5, 5.41) is 14.6. The van der Waals surface area contributed by atoms with E-state index in [-0.39, 0.29) is 5.75 Å². The molecule has 0 unspecified atom stereocenters. The largest absolute Gasteiger partial charge is 0.505 e. The molecule has 0 amide bonds. The van der Waals surface area contributed by atoms with E-state index in [1.807, 2.05) is 36.4 Å². The molecule has 0 atom stereocenters. The molecule has 1 aromatic heterocycles. The maximum atomic E-state index is 13.5. The van der Waals surface area contributed by atoms with Gasteiger partial charge in [0.1, 0.15) is 0 Å². The summed E-state index contributed by atoms with van der Waals surface area (Å²) in [5.74, 6) is -1.02. The van der Waals surface area contributed by atoms with Gasteiger partial charge in [-0.15, -0.1) is 0 Å². The molecule has 1 heterocycles. The van der Waals surface area contributed by atoms with E-state index in [0.717, 1.165) is 11.3 Å². The molecule has 0 saturated carbocycles. The molecule has 3 nitrogen and oxygen atoms in total. The average Bonchev–Trinajstić information content (AvgIpc) is 2.99. The second-order valence-corrected chi connectivity index (χ2v) is 5.78. The Morgan fingerprint density at radius 3 is 2.50 bits per heavy atom. The Morgan fingerprint density at radius 1 is 1.00 bits per heavy atom. The van der Waals surface area contributed by atoms with Crippen molar-refractivity contribution < 1.29 is 9.50 Å². The zero-order chi connectivity index (χ0) is 16.7. The van der Waals surface area contributed by atoms with Crippen LogP contribution in [-0.4, -0.2) is 14.9 Å². The number of phenols is 1. The molecule has 3 aromatic carbocycles. The molecule has 24 heavy (non-hydrogen) atoms. The minimum atomic E-state index is -0.642. The van der Waals surface area contributed by atoms with Gasteiger partial charge in [-0.2, -0.15) is 5.10 Å². The van der Waals surface area contributed by atoms with Crippen LogP contribution >= 0.6 is 0 Å². The molecule has 0 bridgehead atoms. The van der Waals surface area contributed by atoms with Crippen LogP contribution in [0, 0.1) is 12.7 Å². The second-order valence-electron chi connectivity index (χ2n) is 5.78. The Bertz CT molecular complexity index is 1040. The number of hydrogen-bond acceptors (Lipinski definition) is 2. The molecule has 4 heteroatoms. The molecule has 0 saturated heterocycles. The van der Waals surface area contributed by atoms with Crippen LogP contribution in [0.4, 0.5) is 4.39 Å². The smallest absolute Gasteiger partial charge is 0.165 e. The lowest BCUT2D eigenvalue weighted by Gasteiger charge is -2.08. The van der Waals surface area contributed by atoms with Gasteiger partial charge in [-0.05, 0) is 41.8 Å². The molecule has 0 aliphatic heterocycles. The van der Waals surface area contributed by atoms with Crippen molar-refractivity contribution >= 4 is 10.9 Å². The maximum absolute atomic E-state index is 13.5. The number of benzene rings is 3. The topological polar surface area (TPSA) is 38.0 Å². The molecular weight excluding hydrogens is 303 g/mol. The third-order valence-electron chi connectivity index (χ3n) is 4.20. The highest BCUT2D eigenvalue weighted by Gasteiger charge is 2.10. The van der Waals surface area contributed by atoms with Gasteiger partial charge < -0.3 is 5.11 Å². The third-order valence-corrected chi connectivity index (χ3v) is 4.20. The van der Waals surface area contributed by atoms with Gasteiger partial charge in [0, 0.05) is 11.5 Å². The third kappa shape index (κ3) is 2.33. The number of fused-ring (bicyclic) bond motifs is 1. The monoisotopic (exact) mass is 318 g/mol. The predicted octanol–water partition coefficient (Wildman–Crippen LogP) is 4.85. The average molecular weight is 318 g/mol. The van der Waals surface area contributed by atoms with Crippen molar-refractivity contribution in [3.05, 3.63) is 78.2 Å². The lowest BCUT2D eigenvalue weighted by Crippen LogP contribution is -1.96. The molecule has 4 aromatic rings. The number of halogens is 1. The summed E-state index contributed by atoms with van der Waals surface area (Å²) in [6.45, 7) is 2.08. The van der Waals surface area contributed by atoms with Crippen molar-refractivity contribution in [2.24, 2.45) is 0 Å². The minimum Gasteiger partial charge on any atom is -0.505 e. The number of aromatic nitrogens is 2. The Hall–Kier alpha value is -3.14. The van der Waals surface area contributed by atoms with Crippen LogP contribution in [0.15, 0.2) is 66.9 Å². The number of aryl methyl sites for hydroxylation is 1. The summed E-state index contributed by atoms with van der Waals surface area (Å²) < 4.78 is 15.1. The molecule has 0 aliphatic rings. The SMILES string of the molecule is Cc1ccccc1-c1ccc(-n2ncc3cc(F)c(O)cc32)cc1. The lowest BCUT2D eigenvalue weighted by molar-refractivity contribution is 0.433. The lowest BCUT2D eigenvalue weighted by atomic mass is 10.0. The number of nitrogens with zero attached hydrogens (tertiary/aromatic N) is 2. The van der Waals surface area contributed by atoms with Crippen LogP contribution in [0.25, 0.3) is 27.7 Å². The van der Waals surface area contributed by atoms with E-state index in [4.69, 9.17) is 0 Å². The predicted molar refractivity (Wildman–Crippen MR) is 92.9 cm³/mol. The van der Waals surface area contributed by atoms with Gasteiger partial charge in [0.15, 0.2) is 11.6 Å². The molecule has 0 aliphatic carbocycles. The van der Waals surface area contributed by atoms with Gasteiger partial charge in [0.05, 0.1) is 17.4 Å². The first kappa shape index (κ1) is 14.5. The molecule has 1 N–H and O–H groups in total. The first-order valence-electron chi connectivity index (χ1n) is 7.66. The summed E-state index contributed by atoms with van der Waals surface area (Å²) in [6, 6.07) is 18.9. The molecule has 4 rings (SSSR count). The zero-order valence-corrected chi connectivity index (χ0v) is 13.1. The number of hydrogen-bond donors (Lipinski definition) is 1. The fraction of sp³-hybridized carbons (Fsp3) is 0.0500. The number of aromatic hydroxyl groups is 1. The number of rotatable bonds is 2. The van der Waals surface area contributed by atoms with E-state index >= 15 is 0 Å². The molecular formula is C20H15FN2O. The van der Waals surface area contributed by atoms with Crippen molar-refractivity contribution in [1.82, 2.24) is 9.78 Å². The van der Waals surface area contributed by atoms with Crippen molar-refractivity contribution in [3.8, 4) is 22.6 Å². The van der Waals surface area contributed by atoms with Crippen LogP contribution in [0.3, 0.4) is 0 Å². The Morgan fingerprint density at radius 2 is 1.75 bits per heavy atom. The van der Waals surface area contributed by atoms with Gasteiger partial charge in [-0.3, -0.25) is 0 Å². The molecule has 0 radical (unpaired) electrons. The van der Waals surface area contributed by atoms with Gasteiger partial charge in [-0.1, -0.05) is 36.4 Å². The summed E-state index contributed by atoms with van der Waals surface area (Å²) in [5.41, 5.74) is 5.05. The van der Waals surface area contributed by atoms with Gasteiger partial charge in [-0.25, -0.2) is 9.07 Å². The van der Waals surface area contributed by atoms with Gasteiger partial charge in [0.25, 0.3) is 0 Å². The Kier molecular flexibility index (Phi) is 3.31. The van der Waals surface area contributed by atoms with Crippen molar-refractivity contribution in [2.75, 3.05) is 0 Å². The van der Waals surface area contributed by atoms with E-state index < -0.39 is 5.82 Å². The Balaban J connectivity index is 1.79. The normalized spacial score (nSPS) is 11.1. The van der Waals surface area contributed by atoms with Crippen molar-refractivity contribution in [1.29, 1.82) is 0 Å². The van der Waals surface area contributed by atoms with Crippen LogP contribution in [0.1, 0.15) is 5.56 Å². The van der Waals surface area contributed by atoms with E-state index in [1.54, 1.807) is 10.9 Å². The fourth-order valence-corrected chi connectivity index (χ4v) is 2.92. The molecule has 0 spiro atoms. The van der Waals surface area contributed by atoms with E-state index in [2.05, 4.69) is 24.2 Å². The van der Waals surface area contributed by atoms with Crippen LogP contribution in [0.2, 0.25) is 0 Å². The summed E-state index contributed by atoms with van der Waals surface area (Å²) in [7, 11) is 0. The highest BCUT2D eigenvalue weighted by Crippen LogP contribution is 2.27. The maximum Gasteiger partial charge on any atom is 0.165 e. The van der Waals surface area contributed by atoms with Crippen LogP contribution in [0.5, 0.6) is 5.75 Å². The Labute approximate surface area is 138 Å². The minimum absolute atomic E-state index is 0.374. The first-order valence-corrected chi connectivity index (χ1v) is 7.66. The highest BCUT2D eigenvalue weighted by atomic mass is 19.1. The summed E-state index contributed by atoms with van der Waals surface area (Å²) >= 11 is 0. The van der Waals surface area contributed by atoms with E-state index in [1.165, 1.54) is 23.3 Å². The zero-order valence-electron chi connectivity index (χ0n) is 13.1. The van der Waals surface area contributed by atoms with E-state index in [9.17, 15) is 9.50 Å². The van der Waals surface area contributed by atoms with Crippen molar-refractivity contribution in [3.63, 3.8) is 0 Å². The summed E-state index contributed by atoms with van der Waals surface area (Å²) in [6.07, 6.45) is 1.59. The van der Waals surface area contributed by atoms with Crippen LogP contribution < -0.4 is 0 Å². The van der Waals surface area contributed by atoms with Gasteiger partial charge in [0.2, 0.25) is 0 Å².